The molecule has 5 rings (SSSR count). The number of carbonyl (C=O) groups excluding carboxylic acids is 3. The minimum Gasteiger partial charge on any atom is -0.322 e. The standard InChI is InChI=1S/C23H23N3O3/c27-21-2-1-12-25(21)19-9-6-16(7-10-19)22(28)24-18-8-5-15-11-13-26(20(15)14-18)23(29)17-3-4-17/h5-10,14,17H,1-4,11-13H2,(H,24,28). The van der Waals surface area contributed by atoms with E-state index in [1.54, 1.807) is 17.0 Å². The van der Waals surface area contributed by atoms with Gasteiger partial charge in [0.25, 0.3) is 5.91 Å². The van der Waals surface area contributed by atoms with Gasteiger partial charge in [-0.3, -0.25) is 14.4 Å². The maximum absolute atomic E-state index is 12.7. The van der Waals surface area contributed by atoms with Crippen LogP contribution >= 0.6 is 0 Å². The second-order valence-electron chi connectivity index (χ2n) is 8.01. The molecule has 2 aromatic carbocycles. The Morgan fingerprint density at radius 2 is 1.76 bits per heavy atom. The molecule has 0 aromatic heterocycles. The molecule has 0 radical (unpaired) electrons. The van der Waals surface area contributed by atoms with Gasteiger partial charge in [0.2, 0.25) is 11.8 Å². The number of hydrogen-bond acceptors (Lipinski definition) is 3. The van der Waals surface area contributed by atoms with Crippen molar-refractivity contribution in [2.45, 2.75) is 32.1 Å². The molecule has 0 atom stereocenters. The molecule has 6 heteroatoms. The summed E-state index contributed by atoms with van der Waals surface area (Å²) in [6.45, 7) is 1.45. The molecular weight excluding hydrogens is 366 g/mol. The van der Waals surface area contributed by atoms with E-state index in [2.05, 4.69) is 5.32 Å². The number of amides is 3. The largest absolute Gasteiger partial charge is 0.322 e. The van der Waals surface area contributed by atoms with E-state index in [4.69, 9.17) is 0 Å². The van der Waals surface area contributed by atoms with Crippen molar-refractivity contribution >= 4 is 34.8 Å². The molecule has 0 unspecified atom stereocenters. The predicted octanol–water partition coefficient (Wildman–Crippen LogP) is 3.36. The Labute approximate surface area is 169 Å². The molecule has 1 saturated heterocycles. The zero-order chi connectivity index (χ0) is 20.0. The average Bonchev–Trinajstić information content (AvgIpc) is 3.37. The van der Waals surface area contributed by atoms with Crippen LogP contribution in [0.15, 0.2) is 42.5 Å². The van der Waals surface area contributed by atoms with Crippen molar-refractivity contribution in [2.75, 3.05) is 28.2 Å². The molecule has 1 aliphatic carbocycles. The molecular formula is C23H23N3O3. The van der Waals surface area contributed by atoms with Gasteiger partial charge in [0, 0.05) is 48.1 Å². The Hall–Kier alpha value is -3.15. The van der Waals surface area contributed by atoms with Crippen LogP contribution in [0.2, 0.25) is 0 Å². The minimum atomic E-state index is -0.206. The van der Waals surface area contributed by atoms with Crippen molar-refractivity contribution in [3.8, 4) is 0 Å². The molecule has 2 fully saturated rings. The lowest BCUT2D eigenvalue weighted by Crippen LogP contribution is -2.30. The Bertz CT molecular complexity index is 995. The van der Waals surface area contributed by atoms with Crippen molar-refractivity contribution in [1.29, 1.82) is 0 Å². The summed E-state index contributed by atoms with van der Waals surface area (Å²) < 4.78 is 0. The van der Waals surface area contributed by atoms with Crippen molar-refractivity contribution in [3.63, 3.8) is 0 Å². The van der Waals surface area contributed by atoms with Crippen LogP contribution in [0.4, 0.5) is 17.1 Å². The van der Waals surface area contributed by atoms with Gasteiger partial charge in [0.15, 0.2) is 0 Å². The quantitative estimate of drug-likeness (QED) is 0.872. The first-order chi connectivity index (χ1) is 14.1. The second-order valence-corrected chi connectivity index (χ2v) is 8.01. The average molecular weight is 389 g/mol. The Kier molecular flexibility index (Phi) is 4.34. The fourth-order valence-electron chi connectivity index (χ4n) is 4.15. The number of anilines is 3. The third kappa shape index (κ3) is 3.39. The zero-order valence-electron chi connectivity index (χ0n) is 16.2. The van der Waals surface area contributed by atoms with Crippen LogP contribution in [0.5, 0.6) is 0 Å². The molecule has 6 nitrogen and oxygen atoms in total. The van der Waals surface area contributed by atoms with Gasteiger partial charge in [-0.1, -0.05) is 6.07 Å². The van der Waals surface area contributed by atoms with E-state index >= 15 is 0 Å². The maximum Gasteiger partial charge on any atom is 0.255 e. The molecule has 3 amide bonds. The summed E-state index contributed by atoms with van der Waals surface area (Å²) in [6.07, 6.45) is 4.29. The Balaban J connectivity index is 1.30. The highest BCUT2D eigenvalue weighted by molar-refractivity contribution is 6.06. The van der Waals surface area contributed by atoms with E-state index < -0.39 is 0 Å². The van der Waals surface area contributed by atoms with Crippen LogP contribution < -0.4 is 15.1 Å². The lowest BCUT2D eigenvalue weighted by molar-refractivity contribution is -0.119. The summed E-state index contributed by atoms with van der Waals surface area (Å²) in [6, 6.07) is 12.9. The van der Waals surface area contributed by atoms with Gasteiger partial charge < -0.3 is 15.1 Å². The van der Waals surface area contributed by atoms with Crippen molar-refractivity contribution in [1.82, 2.24) is 0 Å². The topological polar surface area (TPSA) is 69.7 Å². The molecule has 29 heavy (non-hydrogen) atoms. The van der Waals surface area contributed by atoms with Gasteiger partial charge in [0.1, 0.15) is 0 Å². The SMILES string of the molecule is O=C(Nc1ccc2c(c1)N(C(=O)C1CC1)CC2)c1ccc(N2CCCC2=O)cc1. The van der Waals surface area contributed by atoms with Gasteiger partial charge in [-0.05, 0) is 67.6 Å². The molecule has 0 bridgehead atoms. The first kappa shape index (κ1) is 17.9. The minimum absolute atomic E-state index is 0.130. The summed E-state index contributed by atoms with van der Waals surface area (Å²) >= 11 is 0. The van der Waals surface area contributed by atoms with Gasteiger partial charge in [-0.15, -0.1) is 0 Å². The third-order valence-electron chi connectivity index (χ3n) is 5.95. The highest BCUT2D eigenvalue weighted by Gasteiger charge is 2.36. The van der Waals surface area contributed by atoms with E-state index in [1.807, 2.05) is 35.2 Å². The summed E-state index contributed by atoms with van der Waals surface area (Å²) in [7, 11) is 0. The van der Waals surface area contributed by atoms with Crippen LogP contribution in [0, 0.1) is 5.92 Å². The highest BCUT2D eigenvalue weighted by Crippen LogP contribution is 2.37. The molecule has 1 saturated carbocycles. The number of nitrogens with zero attached hydrogens (tertiary/aromatic N) is 2. The van der Waals surface area contributed by atoms with E-state index in [-0.39, 0.29) is 23.6 Å². The number of rotatable bonds is 4. The Morgan fingerprint density at radius 1 is 0.966 bits per heavy atom. The van der Waals surface area contributed by atoms with Crippen LogP contribution in [0.1, 0.15) is 41.6 Å². The third-order valence-corrected chi connectivity index (χ3v) is 5.95. The fourth-order valence-corrected chi connectivity index (χ4v) is 4.15. The van der Waals surface area contributed by atoms with Crippen LogP contribution in [0.25, 0.3) is 0 Å². The van der Waals surface area contributed by atoms with Crippen LogP contribution in [0.3, 0.4) is 0 Å². The number of fused-ring (bicyclic) bond motifs is 1. The first-order valence-corrected chi connectivity index (χ1v) is 10.3. The van der Waals surface area contributed by atoms with E-state index in [0.29, 0.717) is 17.7 Å². The van der Waals surface area contributed by atoms with E-state index in [0.717, 1.165) is 55.7 Å². The number of hydrogen-bond donors (Lipinski definition) is 1. The normalized spacial score (nSPS) is 18.1. The van der Waals surface area contributed by atoms with Gasteiger partial charge in [0.05, 0.1) is 0 Å². The number of benzene rings is 2. The summed E-state index contributed by atoms with van der Waals surface area (Å²) in [5.41, 5.74) is 4.12. The summed E-state index contributed by atoms with van der Waals surface area (Å²) in [5.74, 6) is 0.312. The Morgan fingerprint density at radius 3 is 2.45 bits per heavy atom. The molecule has 2 aliphatic heterocycles. The second kappa shape index (κ2) is 7.03. The van der Waals surface area contributed by atoms with Crippen LogP contribution in [-0.4, -0.2) is 30.8 Å². The molecule has 2 aromatic rings. The van der Waals surface area contributed by atoms with Crippen LogP contribution in [-0.2, 0) is 16.0 Å². The molecule has 0 spiro atoms. The van der Waals surface area contributed by atoms with Gasteiger partial charge in [-0.2, -0.15) is 0 Å². The monoisotopic (exact) mass is 389 g/mol. The van der Waals surface area contributed by atoms with E-state index in [9.17, 15) is 14.4 Å². The molecule has 1 N–H and O–H groups in total. The van der Waals surface area contributed by atoms with Gasteiger partial charge >= 0.3 is 0 Å². The van der Waals surface area contributed by atoms with Crippen molar-refractivity contribution < 1.29 is 14.4 Å². The first-order valence-electron chi connectivity index (χ1n) is 10.3. The fraction of sp³-hybridized carbons (Fsp3) is 0.348. The smallest absolute Gasteiger partial charge is 0.255 e. The number of carbonyl (C=O) groups is 3. The summed E-state index contributed by atoms with van der Waals surface area (Å²) in [5, 5.41) is 2.93. The lowest BCUT2D eigenvalue weighted by Gasteiger charge is -2.18. The molecule has 3 aliphatic rings. The summed E-state index contributed by atoms with van der Waals surface area (Å²) in [4.78, 5) is 40.7. The van der Waals surface area contributed by atoms with Crippen molar-refractivity contribution in [2.24, 2.45) is 5.92 Å². The lowest BCUT2D eigenvalue weighted by atomic mass is 10.1. The van der Waals surface area contributed by atoms with Crippen molar-refractivity contribution in [3.05, 3.63) is 53.6 Å². The highest BCUT2D eigenvalue weighted by atomic mass is 16.2. The predicted molar refractivity (Wildman–Crippen MR) is 111 cm³/mol. The van der Waals surface area contributed by atoms with E-state index in [1.165, 1.54) is 0 Å². The molecule has 2 heterocycles. The zero-order valence-corrected chi connectivity index (χ0v) is 16.2. The maximum atomic E-state index is 12.7. The number of nitrogens with one attached hydrogen (secondary N) is 1. The molecule has 148 valence electrons. The van der Waals surface area contributed by atoms with Gasteiger partial charge in [-0.25, -0.2) is 0 Å².